The van der Waals surface area contributed by atoms with Gasteiger partial charge in [-0.1, -0.05) is 81.4 Å². The highest BCUT2D eigenvalue weighted by Crippen LogP contribution is 2.37. The molecule has 0 aliphatic rings. The quantitative estimate of drug-likeness (QED) is 0.739. The minimum atomic E-state index is -2.46. The van der Waals surface area contributed by atoms with Gasteiger partial charge in [0.05, 0.1) is 12.2 Å². The van der Waals surface area contributed by atoms with E-state index in [0.717, 1.165) is 0 Å². The van der Waals surface area contributed by atoms with Gasteiger partial charge < -0.3 is 9.16 Å². The Morgan fingerprint density at radius 3 is 1.50 bits per heavy atom. The fourth-order valence-corrected chi connectivity index (χ4v) is 7.82. The monoisotopic (exact) mass is 342 g/mol. The van der Waals surface area contributed by atoms with E-state index in [1.165, 1.54) is 10.4 Å². The number of benzene rings is 2. The van der Waals surface area contributed by atoms with Gasteiger partial charge in [0, 0.05) is 7.11 Å². The summed E-state index contributed by atoms with van der Waals surface area (Å²) in [6.45, 7) is 11.6. The van der Waals surface area contributed by atoms with Gasteiger partial charge in [0.2, 0.25) is 0 Å². The summed E-state index contributed by atoms with van der Waals surface area (Å²) in [5.41, 5.74) is -0.312. The van der Waals surface area contributed by atoms with Gasteiger partial charge in [-0.2, -0.15) is 0 Å². The molecule has 0 unspecified atom stereocenters. The summed E-state index contributed by atoms with van der Waals surface area (Å²) in [7, 11) is -0.711. The lowest BCUT2D eigenvalue weighted by atomic mass is 10.2. The fourth-order valence-electron chi connectivity index (χ4n) is 3.10. The first-order valence-corrected chi connectivity index (χ1v) is 10.4. The lowest BCUT2D eigenvalue weighted by Crippen LogP contribution is -2.67. The van der Waals surface area contributed by atoms with Gasteiger partial charge in [-0.15, -0.1) is 0 Å². The highest BCUT2D eigenvalue weighted by Gasteiger charge is 2.50. The molecular formula is C21H30O2Si. The molecule has 0 aliphatic heterocycles. The summed E-state index contributed by atoms with van der Waals surface area (Å²) in [5, 5.41) is 2.60. The maximum absolute atomic E-state index is 6.84. The minimum Gasteiger partial charge on any atom is -0.404 e. The van der Waals surface area contributed by atoms with E-state index in [-0.39, 0.29) is 10.6 Å². The predicted molar refractivity (Wildman–Crippen MR) is 105 cm³/mol. The molecule has 0 radical (unpaired) electrons. The van der Waals surface area contributed by atoms with Gasteiger partial charge >= 0.3 is 0 Å². The molecular weight excluding hydrogens is 312 g/mol. The maximum atomic E-state index is 6.84. The Morgan fingerprint density at radius 2 is 1.17 bits per heavy atom. The van der Waals surface area contributed by atoms with E-state index in [1.807, 2.05) is 0 Å². The molecule has 2 rings (SSSR count). The van der Waals surface area contributed by atoms with Crippen LogP contribution in [-0.4, -0.2) is 27.6 Å². The number of methoxy groups -OCH3 is 1. The van der Waals surface area contributed by atoms with Crippen LogP contribution in [0.25, 0.3) is 0 Å². The Hall–Kier alpha value is -1.42. The highest BCUT2D eigenvalue weighted by atomic mass is 28.4. The van der Waals surface area contributed by atoms with Crippen LogP contribution >= 0.6 is 0 Å². The first-order valence-electron chi connectivity index (χ1n) is 8.53. The molecule has 0 atom stereocenters. The first-order chi connectivity index (χ1) is 11.2. The normalized spacial score (nSPS) is 13.1. The number of rotatable bonds is 6. The first kappa shape index (κ1) is 18.9. The molecule has 0 heterocycles. The van der Waals surface area contributed by atoms with E-state index in [2.05, 4.69) is 95.3 Å². The molecule has 24 heavy (non-hydrogen) atoms. The zero-order valence-corrected chi connectivity index (χ0v) is 16.8. The van der Waals surface area contributed by atoms with Crippen LogP contribution in [0, 0.1) is 0 Å². The summed E-state index contributed by atoms with van der Waals surface area (Å²) in [6.07, 6.45) is 0. The third kappa shape index (κ3) is 3.80. The topological polar surface area (TPSA) is 18.5 Å². The van der Waals surface area contributed by atoms with Crippen molar-refractivity contribution >= 4 is 18.7 Å². The lowest BCUT2D eigenvalue weighted by molar-refractivity contribution is -0.0174. The molecule has 0 fully saturated rings. The van der Waals surface area contributed by atoms with Gasteiger partial charge in [0.15, 0.2) is 0 Å². The lowest BCUT2D eigenvalue weighted by Gasteiger charge is -2.44. The molecule has 0 amide bonds. The summed E-state index contributed by atoms with van der Waals surface area (Å²) in [6, 6.07) is 21.4. The molecule has 0 saturated heterocycles. The minimum absolute atomic E-state index is 0.000468. The van der Waals surface area contributed by atoms with Crippen molar-refractivity contribution in [2.45, 2.75) is 45.3 Å². The molecule has 0 spiro atoms. The average Bonchev–Trinajstić information content (AvgIpc) is 2.56. The van der Waals surface area contributed by atoms with Crippen molar-refractivity contribution in [1.82, 2.24) is 0 Å². The fraction of sp³-hybridized carbons (Fsp3) is 0.429. The van der Waals surface area contributed by atoms with E-state index in [0.29, 0.717) is 6.61 Å². The predicted octanol–water partition coefficient (Wildman–Crippen LogP) is 3.99. The van der Waals surface area contributed by atoms with E-state index in [4.69, 9.17) is 9.16 Å². The molecule has 0 N–H and O–H groups in total. The number of ether oxygens (including phenoxy) is 1. The number of hydrogen-bond acceptors (Lipinski definition) is 2. The Bertz CT molecular complexity index is 590. The van der Waals surface area contributed by atoms with Gasteiger partial charge in [0.1, 0.15) is 0 Å². The van der Waals surface area contributed by atoms with Crippen LogP contribution in [-0.2, 0) is 9.16 Å². The summed E-state index contributed by atoms with van der Waals surface area (Å²) in [4.78, 5) is 0. The second-order valence-electron chi connectivity index (χ2n) is 7.92. The average molecular weight is 343 g/mol. The third-order valence-corrected chi connectivity index (χ3v) is 9.59. The third-order valence-electron chi connectivity index (χ3n) is 4.61. The van der Waals surface area contributed by atoms with Crippen molar-refractivity contribution in [2.75, 3.05) is 13.7 Å². The second-order valence-corrected chi connectivity index (χ2v) is 12.2. The summed E-state index contributed by atoms with van der Waals surface area (Å²) < 4.78 is 12.5. The van der Waals surface area contributed by atoms with Gasteiger partial charge in [-0.3, -0.25) is 0 Å². The molecule has 2 nitrogen and oxygen atoms in total. The molecule has 0 aliphatic carbocycles. The van der Waals surface area contributed by atoms with Crippen LogP contribution in [0.2, 0.25) is 5.04 Å². The van der Waals surface area contributed by atoms with Crippen molar-refractivity contribution in [1.29, 1.82) is 0 Å². The smallest absolute Gasteiger partial charge is 0.261 e. The maximum Gasteiger partial charge on any atom is 0.261 e. The van der Waals surface area contributed by atoms with Crippen LogP contribution in [0.15, 0.2) is 60.7 Å². The van der Waals surface area contributed by atoms with E-state index >= 15 is 0 Å². The van der Waals surface area contributed by atoms with Crippen molar-refractivity contribution in [3.05, 3.63) is 60.7 Å². The highest BCUT2D eigenvalue weighted by molar-refractivity contribution is 6.99. The number of hydrogen-bond donors (Lipinski definition) is 0. The van der Waals surface area contributed by atoms with Crippen molar-refractivity contribution < 1.29 is 9.16 Å². The van der Waals surface area contributed by atoms with E-state index in [1.54, 1.807) is 7.11 Å². The zero-order chi connectivity index (χ0) is 17.8. The van der Waals surface area contributed by atoms with E-state index in [9.17, 15) is 0 Å². The zero-order valence-electron chi connectivity index (χ0n) is 15.8. The van der Waals surface area contributed by atoms with Crippen LogP contribution in [0.3, 0.4) is 0 Å². The summed E-state index contributed by atoms with van der Waals surface area (Å²) >= 11 is 0. The SMILES string of the molecule is COC(C)(C)CO[Si](c1ccccc1)(c1ccccc1)C(C)(C)C. The molecule has 130 valence electrons. The Labute approximate surface area is 148 Å². The van der Waals surface area contributed by atoms with E-state index < -0.39 is 8.32 Å². The molecule has 0 bridgehead atoms. The Balaban J connectivity index is 2.62. The Morgan fingerprint density at radius 1 is 0.750 bits per heavy atom. The van der Waals surface area contributed by atoms with Crippen LogP contribution in [0.4, 0.5) is 0 Å². The molecule has 3 heteroatoms. The van der Waals surface area contributed by atoms with Crippen LogP contribution in [0.1, 0.15) is 34.6 Å². The van der Waals surface area contributed by atoms with Gasteiger partial charge in [-0.25, -0.2) is 0 Å². The Kier molecular flexibility index (Phi) is 5.69. The van der Waals surface area contributed by atoms with Crippen molar-refractivity contribution in [2.24, 2.45) is 0 Å². The largest absolute Gasteiger partial charge is 0.404 e. The van der Waals surface area contributed by atoms with Crippen LogP contribution in [0.5, 0.6) is 0 Å². The van der Waals surface area contributed by atoms with Crippen LogP contribution < -0.4 is 10.4 Å². The van der Waals surface area contributed by atoms with Crippen molar-refractivity contribution in [3.63, 3.8) is 0 Å². The van der Waals surface area contributed by atoms with Gasteiger partial charge in [0.25, 0.3) is 8.32 Å². The molecule has 2 aromatic rings. The molecule has 0 saturated carbocycles. The molecule has 2 aromatic carbocycles. The standard InChI is InChI=1S/C21H30O2Si/c1-20(2,3)24(18-13-9-7-10-14-18,19-15-11-8-12-16-19)23-17-21(4,5)22-6/h7-16H,17H2,1-6H3. The van der Waals surface area contributed by atoms with Crippen molar-refractivity contribution in [3.8, 4) is 0 Å². The van der Waals surface area contributed by atoms with Gasteiger partial charge in [-0.05, 0) is 29.3 Å². The molecule has 0 aromatic heterocycles. The second kappa shape index (κ2) is 7.22. The summed E-state index contributed by atoms with van der Waals surface area (Å²) in [5.74, 6) is 0.